The van der Waals surface area contributed by atoms with Crippen molar-refractivity contribution in [1.82, 2.24) is 10.2 Å². The summed E-state index contributed by atoms with van der Waals surface area (Å²) < 4.78 is 5.29. The fourth-order valence-corrected chi connectivity index (χ4v) is 3.51. The van der Waals surface area contributed by atoms with Gasteiger partial charge >= 0.3 is 0 Å². The van der Waals surface area contributed by atoms with Gasteiger partial charge in [0, 0.05) is 6.54 Å². The number of ether oxygens (including phenoxy) is 1. The van der Waals surface area contributed by atoms with Crippen LogP contribution in [0.4, 0.5) is 0 Å². The van der Waals surface area contributed by atoms with Crippen molar-refractivity contribution in [2.45, 2.75) is 12.5 Å². The minimum absolute atomic E-state index is 0.0538. The van der Waals surface area contributed by atoms with Gasteiger partial charge in [0.25, 0.3) is 11.8 Å². The molecule has 1 atom stereocenters. The van der Waals surface area contributed by atoms with E-state index in [0.29, 0.717) is 17.7 Å². The smallest absolute Gasteiger partial charge is 0.261 e. The lowest BCUT2D eigenvalue weighted by atomic mass is 9.93. The summed E-state index contributed by atoms with van der Waals surface area (Å²) in [7, 11) is 1.65. The number of carbonyl (C=O) groups excluding carboxylic acids is 2. The molecule has 4 rings (SSSR count). The van der Waals surface area contributed by atoms with Crippen LogP contribution in [0.1, 0.15) is 37.9 Å². The van der Waals surface area contributed by atoms with E-state index in [1.807, 2.05) is 18.2 Å². The zero-order valence-electron chi connectivity index (χ0n) is 13.4. The number of carbonyl (C=O) groups is 2. The Kier molecular flexibility index (Phi) is 3.58. The van der Waals surface area contributed by atoms with Crippen LogP contribution < -0.4 is 10.1 Å². The Labute approximate surface area is 140 Å². The van der Waals surface area contributed by atoms with Gasteiger partial charge < -0.3 is 10.1 Å². The average Bonchev–Trinajstić information content (AvgIpc) is 2.87. The van der Waals surface area contributed by atoms with E-state index in [4.69, 9.17) is 4.74 Å². The number of rotatable bonds is 3. The molecule has 1 unspecified atom stereocenters. The first kappa shape index (κ1) is 14.9. The van der Waals surface area contributed by atoms with Crippen molar-refractivity contribution in [3.63, 3.8) is 0 Å². The van der Waals surface area contributed by atoms with Crippen LogP contribution in [0.3, 0.4) is 0 Å². The first-order valence-electron chi connectivity index (χ1n) is 8.04. The van der Waals surface area contributed by atoms with Crippen LogP contribution >= 0.6 is 0 Å². The molecule has 5 nitrogen and oxygen atoms in total. The van der Waals surface area contributed by atoms with Crippen LogP contribution in [0.2, 0.25) is 0 Å². The number of imide groups is 1. The summed E-state index contributed by atoms with van der Waals surface area (Å²) in [6, 6.07) is 12.9. The number of fused-ring (bicyclic) bond motifs is 2. The second-order valence-electron chi connectivity index (χ2n) is 6.09. The standard InChI is InChI=1S/C19H18N2O3/c1-24-13-6-7-14-12(10-13)8-9-20-17(14)11-21-18(22)15-4-2-3-5-16(15)19(21)23/h2-7,10,17,20H,8-9,11H2,1H3. The largest absolute Gasteiger partial charge is 0.497 e. The highest BCUT2D eigenvalue weighted by atomic mass is 16.5. The van der Waals surface area contributed by atoms with Crippen LogP contribution in [0, 0.1) is 0 Å². The molecule has 0 radical (unpaired) electrons. The molecule has 24 heavy (non-hydrogen) atoms. The van der Waals surface area contributed by atoms with Gasteiger partial charge in [0.05, 0.1) is 24.3 Å². The SMILES string of the molecule is COc1ccc2c(c1)CCNC2CN1C(=O)c2ccccc2C1=O. The van der Waals surface area contributed by atoms with Gasteiger partial charge in [0.2, 0.25) is 0 Å². The number of benzene rings is 2. The van der Waals surface area contributed by atoms with Crippen LogP contribution in [0.5, 0.6) is 5.75 Å². The average molecular weight is 322 g/mol. The van der Waals surface area contributed by atoms with Crippen LogP contribution in [0.15, 0.2) is 42.5 Å². The van der Waals surface area contributed by atoms with E-state index in [2.05, 4.69) is 5.32 Å². The molecule has 2 aromatic rings. The molecule has 0 aliphatic carbocycles. The molecule has 0 saturated heterocycles. The van der Waals surface area contributed by atoms with Crippen molar-refractivity contribution < 1.29 is 14.3 Å². The molecule has 1 N–H and O–H groups in total. The number of hydrogen-bond donors (Lipinski definition) is 1. The van der Waals surface area contributed by atoms with Crippen molar-refractivity contribution in [2.24, 2.45) is 0 Å². The summed E-state index contributed by atoms with van der Waals surface area (Å²) in [5, 5.41) is 3.42. The summed E-state index contributed by atoms with van der Waals surface area (Å²) in [6.07, 6.45) is 0.908. The summed E-state index contributed by atoms with van der Waals surface area (Å²) in [4.78, 5) is 26.5. The highest BCUT2D eigenvalue weighted by Crippen LogP contribution is 2.30. The van der Waals surface area contributed by atoms with Crippen LogP contribution in [-0.4, -0.2) is 36.9 Å². The summed E-state index contributed by atoms with van der Waals surface area (Å²) >= 11 is 0. The molecule has 122 valence electrons. The van der Waals surface area contributed by atoms with Gasteiger partial charge in [-0.15, -0.1) is 0 Å². The lowest BCUT2D eigenvalue weighted by Gasteiger charge is -2.30. The topological polar surface area (TPSA) is 58.6 Å². The predicted octanol–water partition coefficient (Wildman–Crippen LogP) is 2.18. The molecule has 2 heterocycles. The van der Waals surface area contributed by atoms with Gasteiger partial charge in [0.1, 0.15) is 5.75 Å². The Hall–Kier alpha value is -2.66. The van der Waals surface area contributed by atoms with Gasteiger partial charge in [-0.05, 0) is 48.4 Å². The zero-order chi connectivity index (χ0) is 16.7. The molecular weight excluding hydrogens is 304 g/mol. The highest BCUT2D eigenvalue weighted by molar-refractivity contribution is 6.21. The fraction of sp³-hybridized carbons (Fsp3) is 0.263. The minimum atomic E-state index is -0.210. The van der Waals surface area contributed by atoms with E-state index < -0.39 is 0 Å². The number of nitrogens with zero attached hydrogens (tertiary/aromatic N) is 1. The number of nitrogens with one attached hydrogen (secondary N) is 1. The third-order valence-electron chi connectivity index (χ3n) is 4.75. The lowest BCUT2D eigenvalue weighted by molar-refractivity contribution is 0.0637. The zero-order valence-corrected chi connectivity index (χ0v) is 13.4. The van der Waals surface area contributed by atoms with Crippen LogP contribution in [-0.2, 0) is 6.42 Å². The highest BCUT2D eigenvalue weighted by Gasteiger charge is 2.37. The number of hydrogen-bond acceptors (Lipinski definition) is 4. The molecule has 0 saturated carbocycles. The Balaban J connectivity index is 1.62. The molecular formula is C19H18N2O3. The molecule has 2 amide bonds. The third kappa shape index (κ3) is 2.29. The quantitative estimate of drug-likeness (QED) is 0.880. The summed E-state index contributed by atoms with van der Waals surface area (Å²) in [5.41, 5.74) is 3.31. The van der Waals surface area contributed by atoms with E-state index in [1.54, 1.807) is 31.4 Å². The molecule has 0 spiro atoms. The Morgan fingerprint density at radius 1 is 1.12 bits per heavy atom. The Morgan fingerprint density at radius 3 is 2.50 bits per heavy atom. The molecule has 0 fully saturated rings. The maximum atomic E-state index is 12.6. The van der Waals surface area contributed by atoms with Crippen molar-refractivity contribution in [2.75, 3.05) is 20.2 Å². The van der Waals surface area contributed by atoms with E-state index >= 15 is 0 Å². The van der Waals surface area contributed by atoms with Gasteiger partial charge in [0.15, 0.2) is 0 Å². The van der Waals surface area contributed by atoms with Crippen molar-refractivity contribution in [1.29, 1.82) is 0 Å². The van der Waals surface area contributed by atoms with Gasteiger partial charge in [-0.3, -0.25) is 14.5 Å². The van der Waals surface area contributed by atoms with Gasteiger partial charge in [-0.2, -0.15) is 0 Å². The van der Waals surface area contributed by atoms with E-state index in [1.165, 1.54) is 10.5 Å². The lowest BCUT2D eigenvalue weighted by Crippen LogP contribution is -2.41. The Bertz CT molecular complexity index is 796. The second-order valence-corrected chi connectivity index (χ2v) is 6.09. The van der Waals surface area contributed by atoms with Gasteiger partial charge in [-0.25, -0.2) is 0 Å². The first-order chi connectivity index (χ1) is 11.7. The normalized spacial score (nSPS) is 19.2. The summed E-state index contributed by atoms with van der Waals surface area (Å²) in [5.74, 6) is 0.409. The predicted molar refractivity (Wildman–Crippen MR) is 89.3 cm³/mol. The van der Waals surface area contributed by atoms with Gasteiger partial charge in [-0.1, -0.05) is 18.2 Å². The maximum absolute atomic E-state index is 12.6. The summed E-state index contributed by atoms with van der Waals surface area (Å²) in [6.45, 7) is 1.15. The monoisotopic (exact) mass is 322 g/mol. The van der Waals surface area contributed by atoms with E-state index in [-0.39, 0.29) is 17.9 Å². The molecule has 2 aliphatic rings. The minimum Gasteiger partial charge on any atom is -0.497 e. The second kappa shape index (κ2) is 5.76. The molecule has 2 aliphatic heterocycles. The third-order valence-corrected chi connectivity index (χ3v) is 4.75. The molecule has 0 bridgehead atoms. The molecule has 0 aromatic heterocycles. The van der Waals surface area contributed by atoms with E-state index in [9.17, 15) is 9.59 Å². The first-order valence-corrected chi connectivity index (χ1v) is 8.04. The Morgan fingerprint density at radius 2 is 1.83 bits per heavy atom. The number of amides is 2. The van der Waals surface area contributed by atoms with Crippen molar-refractivity contribution >= 4 is 11.8 Å². The van der Waals surface area contributed by atoms with Crippen molar-refractivity contribution in [3.05, 3.63) is 64.7 Å². The fourth-order valence-electron chi connectivity index (χ4n) is 3.51. The maximum Gasteiger partial charge on any atom is 0.261 e. The van der Waals surface area contributed by atoms with Crippen LogP contribution in [0.25, 0.3) is 0 Å². The molecule has 2 aromatic carbocycles. The molecule has 5 heteroatoms. The van der Waals surface area contributed by atoms with Crippen molar-refractivity contribution in [3.8, 4) is 5.75 Å². The number of methoxy groups -OCH3 is 1. The van der Waals surface area contributed by atoms with E-state index in [0.717, 1.165) is 24.3 Å².